The largest absolute Gasteiger partial charge is 0.435 e. The monoisotopic (exact) mass is 297 g/mol. The molecular formula is C17H25F2NO. The Hall–Kier alpha value is -1.16. The second kappa shape index (κ2) is 7.21. The van der Waals surface area contributed by atoms with Gasteiger partial charge in [0.25, 0.3) is 0 Å². The zero-order chi connectivity index (χ0) is 15.4. The molecule has 0 amide bonds. The molecule has 1 aliphatic carbocycles. The van der Waals surface area contributed by atoms with Gasteiger partial charge in [-0.2, -0.15) is 8.78 Å². The smallest absolute Gasteiger partial charge is 0.387 e. The van der Waals surface area contributed by atoms with Crippen molar-refractivity contribution in [2.24, 2.45) is 11.8 Å². The molecule has 118 valence electrons. The van der Waals surface area contributed by atoms with Gasteiger partial charge in [-0.05, 0) is 55.7 Å². The van der Waals surface area contributed by atoms with Gasteiger partial charge in [0.15, 0.2) is 0 Å². The second-order valence-electron chi connectivity index (χ2n) is 6.34. The minimum absolute atomic E-state index is 0.209. The van der Waals surface area contributed by atoms with E-state index >= 15 is 0 Å². The van der Waals surface area contributed by atoms with Crippen molar-refractivity contribution in [3.63, 3.8) is 0 Å². The molecule has 1 saturated carbocycles. The van der Waals surface area contributed by atoms with Crippen LogP contribution in [-0.2, 0) is 0 Å². The first-order valence-electron chi connectivity index (χ1n) is 7.76. The molecule has 1 aromatic carbocycles. The van der Waals surface area contributed by atoms with E-state index in [1.165, 1.54) is 19.3 Å². The van der Waals surface area contributed by atoms with Crippen molar-refractivity contribution < 1.29 is 13.5 Å². The summed E-state index contributed by atoms with van der Waals surface area (Å²) in [6, 6.07) is 7.66. The van der Waals surface area contributed by atoms with Gasteiger partial charge in [0.1, 0.15) is 5.75 Å². The molecule has 1 fully saturated rings. The highest BCUT2D eigenvalue weighted by Gasteiger charge is 2.26. The van der Waals surface area contributed by atoms with Crippen molar-refractivity contribution in [1.29, 1.82) is 0 Å². The number of nitrogens with one attached hydrogen (secondary N) is 1. The van der Waals surface area contributed by atoms with E-state index in [0.717, 1.165) is 11.5 Å². The third-order valence-corrected chi connectivity index (χ3v) is 4.50. The Morgan fingerprint density at radius 3 is 2.38 bits per heavy atom. The van der Waals surface area contributed by atoms with Gasteiger partial charge in [0.2, 0.25) is 0 Å². The van der Waals surface area contributed by atoms with E-state index in [4.69, 9.17) is 0 Å². The normalized spacial score (nSPS) is 27.6. The number of hydrogen-bond acceptors (Lipinski definition) is 2. The highest BCUT2D eigenvalue weighted by atomic mass is 19.3. The highest BCUT2D eigenvalue weighted by Crippen LogP contribution is 2.30. The van der Waals surface area contributed by atoms with Crippen LogP contribution in [0.25, 0.3) is 0 Å². The topological polar surface area (TPSA) is 21.3 Å². The Kier molecular flexibility index (Phi) is 5.57. The van der Waals surface area contributed by atoms with Gasteiger partial charge in [-0.25, -0.2) is 0 Å². The van der Waals surface area contributed by atoms with Crippen LogP contribution in [-0.4, -0.2) is 12.7 Å². The zero-order valence-corrected chi connectivity index (χ0v) is 13.0. The van der Waals surface area contributed by atoms with E-state index in [-0.39, 0.29) is 11.8 Å². The van der Waals surface area contributed by atoms with Crippen molar-refractivity contribution in [3.8, 4) is 5.75 Å². The minimum Gasteiger partial charge on any atom is -0.435 e. The summed E-state index contributed by atoms with van der Waals surface area (Å²) < 4.78 is 28.6. The van der Waals surface area contributed by atoms with Crippen LogP contribution >= 0.6 is 0 Å². The number of ether oxygens (including phenoxy) is 1. The maximum Gasteiger partial charge on any atom is 0.387 e. The Morgan fingerprint density at radius 2 is 1.81 bits per heavy atom. The lowest BCUT2D eigenvalue weighted by atomic mass is 9.79. The Balaban J connectivity index is 1.92. The van der Waals surface area contributed by atoms with Crippen LogP contribution in [0.1, 0.15) is 51.6 Å². The van der Waals surface area contributed by atoms with Crippen LogP contribution in [0.5, 0.6) is 5.75 Å². The molecule has 21 heavy (non-hydrogen) atoms. The summed E-state index contributed by atoms with van der Waals surface area (Å²) in [5.74, 6) is 1.71. The molecule has 0 saturated heterocycles. The van der Waals surface area contributed by atoms with Crippen LogP contribution in [0.15, 0.2) is 24.3 Å². The lowest BCUT2D eigenvalue weighted by Crippen LogP contribution is -2.40. The second-order valence-corrected chi connectivity index (χ2v) is 6.34. The van der Waals surface area contributed by atoms with Gasteiger partial charge in [-0.3, -0.25) is 0 Å². The minimum atomic E-state index is -2.77. The van der Waals surface area contributed by atoms with Gasteiger partial charge in [0.05, 0.1) is 0 Å². The van der Waals surface area contributed by atoms with Gasteiger partial charge < -0.3 is 10.1 Å². The molecule has 0 heterocycles. The van der Waals surface area contributed by atoms with Crippen molar-refractivity contribution in [2.45, 2.75) is 58.7 Å². The molecule has 4 atom stereocenters. The first kappa shape index (κ1) is 16.2. The molecule has 0 aromatic heterocycles. The molecule has 1 aliphatic rings. The first-order chi connectivity index (χ1) is 9.95. The summed E-state index contributed by atoms with van der Waals surface area (Å²) in [5.41, 5.74) is 1.10. The van der Waals surface area contributed by atoms with E-state index in [1.54, 1.807) is 12.1 Å². The molecule has 1 aromatic rings. The number of alkyl halides is 2. The summed E-state index contributed by atoms with van der Waals surface area (Å²) in [5, 5.41) is 3.68. The number of benzene rings is 1. The number of hydrogen-bond donors (Lipinski definition) is 1. The van der Waals surface area contributed by atoms with Gasteiger partial charge >= 0.3 is 6.61 Å². The quantitative estimate of drug-likeness (QED) is 0.845. The number of rotatable bonds is 5. The van der Waals surface area contributed by atoms with Crippen LogP contribution in [0.2, 0.25) is 0 Å². The molecule has 1 N–H and O–H groups in total. The molecule has 0 bridgehead atoms. The van der Waals surface area contributed by atoms with Crippen LogP contribution in [0, 0.1) is 11.8 Å². The summed E-state index contributed by atoms with van der Waals surface area (Å²) in [4.78, 5) is 0. The lowest BCUT2D eigenvalue weighted by molar-refractivity contribution is -0.0498. The molecule has 2 nitrogen and oxygen atoms in total. The Bertz CT molecular complexity index is 435. The molecule has 4 unspecified atom stereocenters. The van der Waals surface area contributed by atoms with E-state index in [9.17, 15) is 8.78 Å². The van der Waals surface area contributed by atoms with Crippen LogP contribution < -0.4 is 10.1 Å². The fourth-order valence-corrected chi connectivity index (χ4v) is 3.27. The first-order valence-corrected chi connectivity index (χ1v) is 7.76. The fourth-order valence-electron chi connectivity index (χ4n) is 3.27. The van der Waals surface area contributed by atoms with E-state index in [2.05, 4.69) is 30.8 Å². The molecule has 2 rings (SSSR count). The van der Waals surface area contributed by atoms with Gasteiger partial charge in [-0.15, -0.1) is 0 Å². The van der Waals surface area contributed by atoms with Gasteiger partial charge in [-0.1, -0.05) is 26.0 Å². The van der Waals surface area contributed by atoms with E-state index < -0.39 is 6.61 Å². The van der Waals surface area contributed by atoms with Crippen LogP contribution in [0.4, 0.5) is 8.78 Å². The molecule has 0 radical (unpaired) electrons. The van der Waals surface area contributed by atoms with Crippen molar-refractivity contribution in [2.75, 3.05) is 0 Å². The van der Waals surface area contributed by atoms with E-state index in [1.807, 2.05) is 12.1 Å². The third kappa shape index (κ3) is 4.67. The molecule has 0 spiro atoms. The lowest BCUT2D eigenvalue weighted by Gasteiger charge is -2.35. The average Bonchev–Trinajstić information content (AvgIpc) is 2.42. The van der Waals surface area contributed by atoms with Crippen LogP contribution in [0.3, 0.4) is 0 Å². The maximum absolute atomic E-state index is 12.1. The summed E-state index contributed by atoms with van der Waals surface area (Å²) in [6.45, 7) is 3.97. The van der Waals surface area contributed by atoms with Crippen molar-refractivity contribution in [3.05, 3.63) is 29.8 Å². The zero-order valence-electron chi connectivity index (χ0n) is 13.0. The molecular weight excluding hydrogens is 272 g/mol. The standard InChI is InChI=1S/C17H25F2NO/c1-11-4-9-16(12(2)10-11)20-13(3)14-5-7-15(8-6-14)21-17(18)19/h5-8,11-13,16-17,20H,4,9-10H2,1-3H3. The molecule has 4 heteroatoms. The summed E-state index contributed by atoms with van der Waals surface area (Å²) in [7, 11) is 0. The highest BCUT2D eigenvalue weighted by molar-refractivity contribution is 5.29. The fraction of sp³-hybridized carbons (Fsp3) is 0.647. The van der Waals surface area contributed by atoms with Crippen molar-refractivity contribution >= 4 is 0 Å². The van der Waals surface area contributed by atoms with E-state index in [0.29, 0.717) is 12.0 Å². The SMILES string of the molecule is CC1CCC(NC(C)c2ccc(OC(F)F)cc2)C(C)C1. The van der Waals surface area contributed by atoms with Gasteiger partial charge in [0, 0.05) is 12.1 Å². The van der Waals surface area contributed by atoms with Crippen molar-refractivity contribution in [1.82, 2.24) is 5.32 Å². The summed E-state index contributed by atoms with van der Waals surface area (Å²) in [6.07, 6.45) is 3.75. The number of halogens is 2. The Morgan fingerprint density at radius 1 is 1.14 bits per heavy atom. The maximum atomic E-state index is 12.1. The summed E-state index contributed by atoms with van der Waals surface area (Å²) >= 11 is 0. The predicted molar refractivity (Wildman–Crippen MR) is 80.6 cm³/mol. The predicted octanol–water partition coefficient (Wildman–Crippen LogP) is 4.76. The average molecular weight is 297 g/mol. The Labute approximate surface area is 125 Å². The molecule has 0 aliphatic heterocycles. The third-order valence-electron chi connectivity index (χ3n) is 4.50.